The Hall–Kier alpha value is -1.98. The summed E-state index contributed by atoms with van der Waals surface area (Å²) in [6.07, 6.45) is 0.0439. The zero-order valence-corrected chi connectivity index (χ0v) is 9.53. The van der Waals surface area contributed by atoms with E-state index in [0.29, 0.717) is 0 Å². The molecule has 0 aliphatic carbocycles. The van der Waals surface area contributed by atoms with E-state index >= 15 is 0 Å². The van der Waals surface area contributed by atoms with Crippen molar-refractivity contribution in [1.82, 2.24) is 0 Å². The van der Waals surface area contributed by atoms with E-state index in [1.807, 2.05) is 0 Å². The Morgan fingerprint density at radius 2 is 2.06 bits per heavy atom. The van der Waals surface area contributed by atoms with Crippen LogP contribution in [-0.4, -0.2) is 19.6 Å². The molecule has 0 saturated carbocycles. The zero-order valence-electron chi connectivity index (χ0n) is 7.95. The van der Waals surface area contributed by atoms with Gasteiger partial charge >= 0.3 is 5.69 Å². The first-order valence-corrected chi connectivity index (χ1v) is 6.25. The number of nitro benzene ring substituents is 1. The Morgan fingerprint density at radius 3 is 2.41 bits per heavy atom. The second-order valence-electron chi connectivity index (χ2n) is 2.80. The van der Waals surface area contributed by atoms with Crippen LogP contribution in [0.3, 0.4) is 0 Å². The van der Waals surface area contributed by atoms with Crippen molar-refractivity contribution in [3.05, 3.63) is 33.4 Å². The number of nitrogens with zero attached hydrogens (tertiary/aromatic N) is 2. The molecule has 0 fully saturated rings. The van der Waals surface area contributed by atoms with Gasteiger partial charge in [-0.05, 0) is 12.1 Å². The van der Waals surface area contributed by atoms with E-state index in [1.54, 1.807) is 6.07 Å². The molecule has 9 heteroatoms. The van der Waals surface area contributed by atoms with Crippen molar-refractivity contribution in [1.29, 1.82) is 5.26 Å². The van der Waals surface area contributed by atoms with Gasteiger partial charge in [0, 0.05) is 10.7 Å². The van der Waals surface area contributed by atoms with Crippen molar-refractivity contribution in [2.24, 2.45) is 0 Å². The molecule has 0 N–H and O–H groups in total. The molecule has 7 nitrogen and oxygen atoms in total. The first kappa shape index (κ1) is 13.1. The lowest BCUT2D eigenvalue weighted by Gasteiger charge is -2.02. The topological polar surface area (TPSA) is 118 Å². The third-order valence-electron chi connectivity index (χ3n) is 1.86. The molecular weight excluding hydrogens is 272 g/mol. The summed E-state index contributed by atoms with van der Waals surface area (Å²) in [4.78, 5) is 19.5. The molecule has 1 rings (SSSR count). The molecule has 88 valence electrons. The Balaban J connectivity index is 3.86. The summed E-state index contributed by atoms with van der Waals surface area (Å²) in [7, 11) is 0.627. The number of halogens is 1. The average molecular weight is 275 g/mol. The Labute approximate surface area is 99.8 Å². The largest absolute Gasteiger partial charge is 0.301 e. The maximum absolute atomic E-state index is 11.1. The fraction of sp³-hybridized carbons (Fsp3) is 0. The van der Waals surface area contributed by atoms with Gasteiger partial charge in [0.2, 0.25) is 0 Å². The monoisotopic (exact) mass is 274 g/mol. The highest BCUT2D eigenvalue weighted by atomic mass is 35.7. The van der Waals surface area contributed by atoms with Crippen LogP contribution in [-0.2, 0) is 9.05 Å². The van der Waals surface area contributed by atoms with Crippen LogP contribution in [0.2, 0.25) is 0 Å². The Morgan fingerprint density at radius 1 is 1.47 bits per heavy atom. The third-order valence-corrected chi connectivity index (χ3v) is 3.22. The van der Waals surface area contributed by atoms with E-state index in [-0.39, 0.29) is 11.8 Å². The number of benzene rings is 1. The maximum atomic E-state index is 11.1. The predicted molar refractivity (Wildman–Crippen MR) is 56.2 cm³/mol. The van der Waals surface area contributed by atoms with Crippen molar-refractivity contribution in [2.75, 3.05) is 0 Å². The smallest absolute Gasteiger partial charge is 0.298 e. The molecule has 0 amide bonds. The van der Waals surface area contributed by atoms with Crippen molar-refractivity contribution in [2.45, 2.75) is 4.90 Å². The summed E-state index contributed by atoms with van der Waals surface area (Å²) in [5.74, 6) is 0. The van der Waals surface area contributed by atoms with Gasteiger partial charge in [-0.25, -0.2) is 8.42 Å². The molecule has 1 aromatic rings. The number of aldehydes is 1. The third kappa shape index (κ3) is 2.41. The van der Waals surface area contributed by atoms with Crippen molar-refractivity contribution >= 4 is 31.7 Å². The molecule has 1 aromatic carbocycles. The van der Waals surface area contributed by atoms with Gasteiger partial charge in [-0.1, -0.05) is 0 Å². The molecule has 0 aromatic heterocycles. The number of nitriles is 1. The van der Waals surface area contributed by atoms with Gasteiger partial charge in [0.15, 0.2) is 11.2 Å². The van der Waals surface area contributed by atoms with Gasteiger partial charge in [0.05, 0.1) is 10.5 Å². The molecule has 0 aliphatic heterocycles. The van der Waals surface area contributed by atoms with Gasteiger partial charge in [-0.15, -0.1) is 0 Å². The fourth-order valence-corrected chi connectivity index (χ4v) is 2.21. The van der Waals surface area contributed by atoms with Gasteiger partial charge in [-0.2, -0.15) is 5.26 Å². The molecule has 0 aliphatic rings. The molecular formula is C8H3ClN2O5S. The second kappa shape index (κ2) is 4.48. The number of rotatable bonds is 3. The van der Waals surface area contributed by atoms with E-state index < -0.39 is 30.1 Å². The summed E-state index contributed by atoms with van der Waals surface area (Å²) >= 11 is 0. The molecule has 0 atom stereocenters. The minimum Gasteiger partial charge on any atom is -0.298 e. The minimum absolute atomic E-state index is 0.0439. The molecule has 0 spiro atoms. The predicted octanol–water partition coefficient (Wildman–Crippen LogP) is 1.21. The highest BCUT2D eigenvalue weighted by Gasteiger charge is 2.29. The van der Waals surface area contributed by atoms with Crippen LogP contribution in [0.25, 0.3) is 0 Å². The molecule has 0 radical (unpaired) electrons. The van der Waals surface area contributed by atoms with Crippen LogP contribution in [0.5, 0.6) is 0 Å². The molecule has 0 saturated heterocycles. The summed E-state index contributed by atoms with van der Waals surface area (Å²) in [6, 6.07) is 3.34. The van der Waals surface area contributed by atoms with Crippen molar-refractivity contribution in [3.63, 3.8) is 0 Å². The molecule has 0 bridgehead atoms. The van der Waals surface area contributed by atoms with Gasteiger partial charge in [0.25, 0.3) is 9.05 Å². The van der Waals surface area contributed by atoms with Crippen LogP contribution in [0.1, 0.15) is 15.9 Å². The highest BCUT2D eigenvalue weighted by molar-refractivity contribution is 8.13. The second-order valence-corrected chi connectivity index (χ2v) is 5.33. The first-order chi connectivity index (χ1) is 7.82. The van der Waals surface area contributed by atoms with E-state index in [9.17, 15) is 23.3 Å². The average Bonchev–Trinajstić information content (AvgIpc) is 2.25. The van der Waals surface area contributed by atoms with Crippen LogP contribution >= 0.6 is 10.7 Å². The van der Waals surface area contributed by atoms with E-state index in [2.05, 4.69) is 0 Å². The van der Waals surface area contributed by atoms with E-state index in [4.69, 9.17) is 15.9 Å². The Kier molecular flexibility index (Phi) is 3.45. The van der Waals surface area contributed by atoms with Crippen LogP contribution in [0.15, 0.2) is 17.0 Å². The van der Waals surface area contributed by atoms with E-state index in [1.165, 1.54) is 0 Å². The summed E-state index contributed by atoms with van der Waals surface area (Å²) in [6.45, 7) is 0. The first-order valence-electron chi connectivity index (χ1n) is 3.94. The van der Waals surface area contributed by atoms with Crippen molar-refractivity contribution < 1.29 is 18.1 Å². The fourth-order valence-electron chi connectivity index (χ4n) is 1.19. The Bertz CT molecular complexity index is 647. The lowest BCUT2D eigenvalue weighted by Crippen LogP contribution is -2.04. The number of nitro groups is 1. The number of carbonyl (C=O) groups excluding carboxylic acids is 1. The standard InChI is InChI=1S/C8H3ClN2O5S/c9-17(15,16)7-2-1-5(3-10)6(4-12)8(7)11(13)14/h1-2,4H. The van der Waals surface area contributed by atoms with Gasteiger partial charge in [-0.3, -0.25) is 14.9 Å². The minimum atomic E-state index is -4.37. The normalized spacial score (nSPS) is 10.6. The summed E-state index contributed by atoms with van der Waals surface area (Å²) in [5, 5.41) is 19.4. The molecule has 0 heterocycles. The SMILES string of the molecule is N#Cc1ccc(S(=O)(=O)Cl)c([N+](=O)[O-])c1C=O. The zero-order chi connectivity index (χ0) is 13.2. The number of hydrogen-bond acceptors (Lipinski definition) is 6. The van der Waals surface area contributed by atoms with Gasteiger partial charge in [0.1, 0.15) is 11.6 Å². The summed E-state index contributed by atoms with van der Waals surface area (Å²) in [5.41, 5.74) is -1.90. The molecule has 0 unspecified atom stereocenters. The number of carbonyl (C=O) groups is 1. The van der Waals surface area contributed by atoms with Crippen LogP contribution in [0.4, 0.5) is 5.69 Å². The quantitative estimate of drug-likeness (QED) is 0.354. The maximum Gasteiger partial charge on any atom is 0.301 e. The van der Waals surface area contributed by atoms with Crippen molar-refractivity contribution in [3.8, 4) is 6.07 Å². The van der Waals surface area contributed by atoms with Crippen LogP contribution < -0.4 is 0 Å². The summed E-state index contributed by atoms with van der Waals surface area (Å²) < 4.78 is 22.2. The van der Waals surface area contributed by atoms with Crippen LogP contribution in [0, 0.1) is 21.4 Å². The number of hydrogen-bond donors (Lipinski definition) is 0. The molecule has 17 heavy (non-hydrogen) atoms. The lowest BCUT2D eigenvalue weighted by molar-refractivity contribution is -0.388. The highest BCUT2D eigenvalue weighted by Crippen LogP contribution is 2.31. The van der Waals surface area contributed by atoms with E-state index in [0.717, 1.165) is 12.1 Å². The van der Waals surface area contributed by atoms with Gasteiger partial charge < -0.3 is 0 Å². The lowest BCUT2D eigenvalue weighted by atomic mass is 10.1.